The number of para-hydroxylation sites is 1. The Morgan fingerprint density at radius 1 is 1.37 bits per heavy atom. The summed E-state index contributed by atoms with van der Waals surface area (Å²) >= 11 is 0. The minimum atomic E-state index is -0.532. The van der Waals surface area contributed by atoms with Crippen LogP contribution in [-0.4, -0.2) is 36.2 Å². The molecule has 0 bridgehead atoms. The maximum Gasteiger partial charge on any atom is 0.343 e. The molecule has 0 aromatic heterocycles. The summed E-state index contributed by atoms with van der Waals surface area (Å²) in [6.07, 6.45) is 1.45. The number of esters is 1. The van der Waals surface area contributed by atoms with Gasteiger partial charge in [0.15, 0.2) is 18.4 Å². The molecule has 0 heterocycles. The second-order valence-electron chi connectivity index (χ2n) is 5.03. The van der Waals surface area contributed by atoms with Gasteiger partial charge in [-0.25, -0.2) is 9.53 Å². The molecule has 0 radical (unpaired) electrons. The molecule has 0 saturated carbocycles. The molecule has 1 rings (SSSR count). The van der Waals surface area contributed by atoms with Crippen LogP contribution in [0.5, 0.6) is 5.75 Å². The molecule has 1 aromatic carbocycles. The SMILES string of the molecule is COC(=O)COc1ccccc1C=[N+]([O-])C(C)(C)C. The topological polar surface area (TPSA) is 61.6 Å². The van der Waals surface area contributed by atoms with Crippen molar-refractivity contribution in [3.63, 3.8) is 0 Å². The summed E-state index contributed by atoms with van der Waals surface area (Å²) < 4.78 is 10.7. The van der Waals surface area contributed by atoms with Gasteiger partial charge in [0, 0.05) is 20.8 Å². The van der Waals surface area contributed by atoms with Crippen molar-refractivity contribution in [2.75, 3.05) is 13.7 Å². The monoisotopic (exact) mass is 265 g/mol. The summed E-state index contributed by atoms with van der Waals surface area (Å²) in [6, 6.07) is 7.03. The zero-order chi connectivity index (χ0) is 14.5. The summed E-state index contributed by atoms with van der Waals surface area (Å²) in [6.45, 7) is 5.26. The highest BCUT2D eigenvalue weighted by Gasteiger charge is 2.19. The minimum absolute atomic E-state index is 0.185. The summed E-state index contributed by atoms with van der Waals surface area (Å²) in [4.78, 5) is 11.0. The van der Waals surface area contributed by atoms with Crippen LogP contribution >= 0.6 is 0 Å². The van der Waals surface area contributed by atoms with Crippen molar-refractivity contribution >= 4 is 12.2 Å². The fourth-order valence-electron chi connectivity index (χ4n) is 1.23. The molecule has 5 heteroatoms. The predicted molar refractivity (Wildman–Crippen MR) is 72.5 cm³/mol. The number of hydrogen-bond acceptors (Lipinski definition) is 4. The van der Waals surface area contributed by atoms with Crippen molar-refractivity contribution < 1.29 is 19.0 Å². The molecule has 0 unspecified atom stereocenters. The second kappa shape index (κ2) is 6.22. The van der Waals surface area contributed by atoms with Crippen LogP contribution in [0.1, 0.15) is 26.3 Å². The van der Waals surface area contributed by atoms with Crippen LogP contribution in [0.25, 0.3) is 0 Å². The molecule has 0 atom stereocenters. The van der Waals surface area contributed by atoms with E-state index in [4.69, 9.17) is 4.74 Å². The van der Waals surface area contributed by atoms with Crippen molar-refractivity contribution in [3.8, 4) is 5.75 Å². The van der Waals surface area contributed by atoms with Gasteiger partial charge in [0.2, 0.25) is 0 Å². The van der Waals surface area contributed by atoms with Crippen LogP contribution in [0, 0.1) is 5.21 Å². The second-order valence-corrected chi connectivity index (χ2v) is 5.03. The normalized spacial score (nSPS) is 12.1. The van der Waals surface area contributed by atoms with Gasteiger partial charge in [-0.2, -0.15) is 0 Å². The Balaban J connectivity index is 2.93. The van der Waals surface area contributed by atoms with Crippen molar-refractivity contribution in [2.45, 2.75) is 26.3 Å². The van der Waals surface area contributed by atoms with Gasteiger partial charge < -0.3 is 14.7 Å². The van der Waals surface area contributed by atoms with Gasteiger partial charge in [0.25, 0.3) is 0 Å². The van der Waals surface area contributed by atoms with Crippen molar-refractivity contribution in [2.24, 2.45) is 0 Å². The van der Waals surface area contributed by atoms with Crippen LogP contribution in [0.4, 0.5) is 0 Å². The van der Waals surface area contributed by atoms with E-state index in [2.05, 4.69) is 4.74 Å². The van der Waals surface area contributed by atoms with E-state index in [-0.39, 0.29) is 6.61 Å². The summed E-state index contributed by atoms with van der Waals surface area (Å²) in [5.74, 6) is 0.00241. The lowest BCUT2D eigenvalue weighted by atomic mass is 10.1. The van der Waals surface area contributed by atoms with E-state index in [9.17, 15) is 10.0 Å². The van der Waals surface area contributed by atoms with E-state index in [1.54, 1.807) is 24.3 Å². The van der Waals surface area contributed by atoms with Crippen molar-refractivity contribution in [3.05, 3.63) is 35.0 Å². The number of carbonyl (C=O) groups excluding carboxylic acids is 1. The summed E-state index contributed by atoms with van der Waals surface area (Å²) in [5, 5.41) is 11.9. The minimum Gasteiger partial charge on any atom is -0.623 e. The first-order valence-corrected chi connectivity index (χ1v) is 5.94. The first-order valence-electron chi connectivity index (χ1n) is 5.94. The van der Waals surface area contributed by atoms with Gasteiger partial charge in [-0.15, -0.1) is 0 Å². The lowest BCUT2D eigenvalue weighted by Gasteiger charge is -2.19. The summed E-state index contributed by atoms with van der Waals surface area (Å²) in [5.41, 5.74) is 0.0893. The Labute approximate surface area is 113 Å². The highest BCUT2D eigenvalue weighted by atomic mass is 16.6. The standard InChI is InChI=1S/C14H19NO4/c1-14(2,3)15(17)9-11-7-5-6-8-12(11)19-10-13(16)18-4/h5-9H,10H2,1-4H3. The van der Waals surface area contributed by atoms with Gasteiger partial charge in [-0.1, -0.05) is 12.1 Å². The van der Waals surface area contributed by atoms with Crippen LogP contribution in [0.15, 0.2) is 24.3 Å². The van der Waals surface area contributed by atoms with Crippen LogP contribution < -0.4 is 4.74 Å². The molecule has 0 aliphatic carbocycles. The van der Waals surface area contributed by atoms with E-state index < -0.39 is 11.5 Å². The van der Waals surface area contributed by atoms with E-state index in [1.165, 1.54) is 13.3 Å². The molecule has 0 aliphatic heterocycles. The number of hydrogen-bond donors (Lipinski definition) is 0. The molecule has 0 aliphatic rings. The van der Waals surface area contributed by atoms with Crippen LogP contribution in [0.3, 0.4) is 0 Å². The first-order chi connectivity index (χ1) is 8.84. The van der Waals surface area contributed by atoms with Crippen LogP contribution in [0.2, 0.25) is 0 Å². The Bertz CT molecular complexity index is 475. The first kappa shape index (κ1) is 15.0. The number of hydroxylamine groups is 1. The lowest BCUT2D eigenvalue weighted by Crippen LogP contribution is -2.29. The Kier molecular flexibility index (Phi) is 4.92. The molecule has 0 saturated heterocycles. The smallest absolute Gasteiger partial charge is 0.343 e. The number of ether oxygens (including phenoxy) is 2. The van der Waals surface area contributed by atoms with Crippen molar-refractivity contribution in [1.82, 2.24) is 0 Å². The van der Waals surface area contributed by atoms with Gasteiger partial charge >= 0.3 is 5.97 Å². The highest BCUT2D eigenvalue weighted by Crippen LogP contribution is 2.17. The average molecular weight is 265 g/mol. The molecule has 0 spiro atoms. The molecule has 5 nitrogen and oxygen atoms in total. The number of benzene rings is 1. The van der Waals surface area contributed by atoms with Gasteiger partial charge in [-0.05, 0) is 12.1 Å². The molecule has 104 valence electrons. The number of methoxy groups -OCH3 is 1. The third-order valence-electron chi connectivity index (χ3n) is 2.41. The molecule has 19 heavy (non-hydrogen) atoms. The van der Waals surface area contributed by atoms with Crippen molar-refractivity contribution in [1.29, 1.82) is 0 Å². The molecule has 0 N–H and O–H groups in total. The number of nitrogens with zero attached hydrogens (tertiary/aromatic N) is 1. The Hall–Kier alpha value is -2.04. The zero-order valence-electron chi connectivity index (χ0n) is 11.7. The molecule has 0 fully saturated rings. The largest absolute Gasteiger partial charge is 0.623 e. The van der Waals surface area contributed by atoms with E-state index in [1.807, 2.05) is 20.8 Å². The third-order valence-corrected chi connectivity index (χ3v) is 2.41. The fourth-order valence-corrected chi connectivity index (χ4v) is 1.23. The van der Waals surface area contributed by atoms with E-state index >= 15 is 0 Å². The quantitative estimate of drug-likeness (QED) is 0.274. The van der Waals surface area contributed by atoms with Gasteiger partial charge in [-0.3, -0.25) is 0 Å². The average Bonchev–Trinajstić information content (AvgIpc) is 2.36. The maximum atomic E-state index is 11.9. The number of rotatable bonds is 4. The third kappa shape index (κ3) is 4.62. The van der Waals surface area contributed by atoms with Gasteiger partial charge in [0.1, 0.15) is 5.75 Å². The summed E-state index contributed by atoms with van der Waals surface area (Å²) in [7, 11) is 1.29. The molecule has 0 amide bonds. The Morgan fingerprint density at radius 3 is 2.58 bits per heavy atom. The highest BCUT2D eigenvalue weighted by molar-refractivity contribution is 5.80. The zero-order valence-corrected chi connectivity index (χ0v) is 11.7. The number of carbonyl (C=O) groups is 1. The van der Waals surface area contributed by atoms with E-state index in [0.29, 0.717) is 11.3 Å². The predicted octanol–water partition coefficient (Wildman–Crippen LogP) is 1.97. The van der Waals surface area contributed by atoms with Gasteiger partial charge in [0.05, 0.1) is 12.7 Å². The van der Waals surface area contributed by atoms with E-state index in [0.717, 1.165) is 4.74 Å². The molecular formula is C14H19NO4. The molecule has 1 aromatic rings. The van der Waals surface area contributed by atoms with Crippen LogP contribution in [-0.2, 0) is 9.53 Å². The maximum absolute atomic E-state index is 11.9. The Morgan fingerprint density at radius 2 is 2.00 bits per heavy atom. The lowest BCUT2D eigenvalue weighted by molar-refractivity contribution is -0.530. The molecular weight excluding hydrogens is 246 g/mol. The fraction of sp³-hybridized carbons (Fsp3) is 0.429.